The van der Waals surface area contributed by atoms with E-state index < -0.39 is 15.4 Å². The van der Waals surface area contributed by atoms with Crippen LogP contribution < -0.4 is 11.1 Å². The Bertz CT molecular complexity index is 332. The van der Waals surface area contributed by atoms with Crippen LogP contribution in [0.3, 0.4) is 0 Å². The number of sulfone groups is 1. The molecule has 0 spiro atoms. The SMILES string of the molecule is CC(CCCO)NC1(CN)CCCS(=O)(=O)C1. The first-order valence-corrected chi connectivity index (χ1v) is 8.04. The van der Waals surface area contributed by atoms with Crippen LogP contribution >= 0.6 is 0 Å². The molecule has 2 unspecified atom stereocenters. The molecule has 5 nitrogen and oxygen atoms in total. The quantitative estimate of drug-likeness (QED) is 0.609. The minimum absolute atomic E-state index is 0.139. The number of nitrogens with one attached hydrogen (secondary N) is 1. The van der Waals surface area contributed by atoms with Crippen LogP contribution in [-0.2, 0) is 9.84 Å². The molecule has 4 N–H and O–H groups in total. The Balaban J connectivity index is 2.62. The predicted octanol–water partition coefficient (Wildman–Crippen LogP) is -0.357. The van der Waals surface area contributed by atoms with E-state index in [1.54, 1.807) is 0 Å². The highest BCUT2D eigenvalue weighted by atomic mass is 32.2. The molecule has 1 heterocycles. The highest BCUT2D eigenvalue weighted by Crippen LogP contribution is 2.23. The van der Waals surface area contributed by atoms with Gasteiger partial charge in [-0.3, -0.25) is 0 Å². The second-order valence-corrected chi connectivity index (χ2v) is 7.28. The number of hydrogen-bond donors (Lipinski definition) is 3. The van der Waals surface area contributed by atoms with Gasteiger partial charge in [0, 0.05) is 24.7 Å². The third kappa shape index (κ3) is 4.54. The Kier molecular flexibility index (Phi) is 5.37. The third-order valence-corrected chi connectivity index (χ3v) is 5.25. The zero-order valence-corrected chi connectivity index (χ0v) is 11.3. The zero-order chi connectivity index (χ0) is 12.9. The molecule has 0 amide bonds. The molecule has 6 heteroatoms. The minimum atomic E-state index is -2.96. The Hall–Kier alpha value is -0.170. The highest BCUT2D eigenvalue weighted by Gasteiger charge is 2.38. The van der Waals surface area contributed by atoms with Gasteiger partial charge in [0.25, 0.3) is 0 Å². The molecule has 0 aromatic heterocycles. The second kappa shape index (κ2) is 6.13. The zero-order valence-electron chi connectivity index (χ0n) is 10.5. The van der Waals surface area contributed by atoms with Crippen LogP contribution in [0.15, 0.2) is 0 Å². The van der Waals surface area contributed by atoms with E-state index >= 15 is 0 Å². The lowest BCUT2D eigenvalue weighted by Gasteiger charge is -2.39. The first kappa shape index (κ1) is 14.9. The number of aliphatic hydroxyl groups is 1. The number of nitrogens with two attached hydrogens (primary N) is 1. The lowest BCUT2D eigenvalue weighted by molar-refractivity contribution is 0.252. The molecule has 0 aromatic rings. The fourth-order valence-corrected chi connectivity index (χ4v) is 4.44. The molecule has 0 saturated carbocycles. The standard InChI is InChI=1S/C11H24N2O3S/c1-10(4-2-6-14)13-11(8-12)5-3-7-17(15,16)9-11/h10,13-14H,2-9,12H2,1H3. The van der Waals surface area contributed by atoms with E-state index in [4.69, 9.17) is 10.8 Å². The van der Waals surface area contributed by atoms with Crippen LogP contribution in [0.4, 0.5) is 0 Å². The smallest absolute Gasteiger partial charge is 0.152 e. The van der Waals surface area contributed by atoms with Crippen molar-refractivity contribution in [3.63, 3.8) is 0 Å². The average molecular weight is 264 g/mol. The number of rotatable bonds is 6. The van der Waals surface area contributed by atoms with Gasteiger partial charge in [0.1, 0.15) is 0 Å². The normalized spacial score (nSPS) is 30.1. The fraction of sp³-hybridized carbons (Fsp3) is 1.00. The summed E-state index contributed by atoms with van der Waals surface area (Å²) >= 11 is 0. The van der Waals surface area contributed by atoms with E-state index in [2.05, 4.69) is 5.32 Å². The van der Waals surface area contributed by atoms with Crippen LogP contribution in [0.25, 0.3) is 0 Å². The summed E-state index contributed by atoms with van der Waals surface area (Å²) in [5.74, 6) is 0.418. The van der Waals surface area contributed by atoms with Gasteiger partial charge in [0.2, 0.25) is 0 Å². The van der Waals surface area contributed by atoms with Crippen molar-refractivity contribution in [2.45, 2.75) is 44.2 Å². The maximum absolute atomic E-state index is 11.7. The van der Waals surface area contributed by atoms with Crippen molar-refractivity contribution in [1.82, 2.24) is 5.32 Å². The van der Waals surface area contributed by atoms with Crippen molar-refractivity contribution in [2.75, 3.05) is 24.7 Å². The highest BCUT2D eigenvalue weighted by molar-refractivity contribution is 7.91. The van der Waals surface area contributed by atoms with Crippen molar-refractivity contribution in [2.24, 2.45) is 5.73 Å². The van der Waals surface area contributed by atoms with Gasteiger partial charge in [-0.1, -0.05) is 0 Å². The topological polar surface area (TPSA) is 92.4 Å². The van der Waals surface area contributed by atoms with Gasteiger partial charge in [-0.2, -0.15) is 0 Å². The van der Waals surface area contributed by atoms with Gasteiger partial charge in [-0.05, 0) is 32.6 Å². The average Bonchev–Trinajstić information content (AvgIpc) is 2.25. The van der Waals surface area contributed by atoms with Crippen molar-refractivity contribution >= 4 is 9.84 Å². The van der Waals surface area contributed by atoms with Crippen LogP contribution in [-0.4, -0.2) is 49.8 Å². The third-order valence-electron chi connectivity index (χ3n) is 3.35. The maximum Gasteiger partial charge on any atom is 0.152 e. The molecule has 0 aromatic carbocycles. The van der Waals surface area contributed by atoms with E-state index in [1.807, 2.05) is 6.92 Å². The fourth-order valence-electron chi connectivity index (χ4n) is 2.52. The summed E-state index contributed by atoms with van der Waals surface area (Å²) in [6.07, 6.45) is 3.05. The number of hydrogen-bond acceptors (Lipinski definition) is 5. The molecule has 17 heavy (non-hydrogen) atoms. The van der Waals surface area contributed by atoms with Gasteiger partial charge in [-0.25, -0.2) is 8.42 Å². The van der Waals surface area contributed by atoms with Gasteiger partial charge < -0.3 is 16.2 Å². The molecule has 0 radical (unpaired) electrons. The van der Waals surface area contributed by atoms with E-state index in [0.717, 1.165) is 19.3 Å². The summed E-state index contributed by atoms with van der Waals surface area (Å²) in [6.45, 7) is 2.52. The van der Waals surface area contributed by atoms with Gasteiger partial charge >= 0.3 is 0 Å². The molecule has 1 aliphatic rings. The molecular weight excluding hydrogens is 240 g/mol. The van der Waals surface area contributed by atoms with Gasteiger partial charge in [0.05, 0.1) is 11.5 Å². The van der Waals surface area contributed by atoms with Crippen molar-refractivity contribution in [1.29, 1.82) is 0 Å². The van der Waals surface area contributed by atoms with Gasteiger partial charge in [-0.15, -0.1) is 0 Å². The Morgan fingerprint density at radius 1 is 1.53 bits per heavy atom. The summed E-state index contributed by atoms with van der Waals surface area (Å²) in [4.78, 5) is 0. The van der Waals surface area contributed by atoms with E-state index in [0.29, 0.717) is 13.0 Å². The van der Waals surface area contributed by atoms with Crippen molar-refractivity contribution in [3.05, 3.63) is 0 Å². The minimum Gasteiger partial charge on any atom is -0.396 e. The summed E-state index contributed by atoms with van der Waals surface area (Å²) in [6, 6.07) is 0.180. The molecular formula is C11H24N2O3S. The first-order chi connectivity index (χ1) is 7.93. The molecule has 1 fully saturated rings. The van der Waals surface area contributed by atoms with Gasteiger partial charge in [0.15, 0.2) is 9.84 Å². The van der Waals surface area contributed by atoms with Crippen LogP contribution in [0.2, 0.25) is 0 Å². The predicted molar refractivity (Wildman–Crippen MR) is 68.6 cm³/mol. The monoisotopic (exact) mass is 264 g/mol. The first-order valence-electron chi connectivity index (χ1n) is 6.22. The summed E-state index contributed by atoms with van der Waals surface area (Å²) < 4.78 is 23.4. The second-order valence-electron chi connectivity index (χ2n) is 5.09. The molecule has 0 aliphatic carbocycles. The van der Waals surface area contributed by atoms with E-state index in [1.165, 1.54) is 0 Å². The molecule has 1 aliphatic heterocycles. The molecule has 102 valence electrons. The largest absolute Gasteiger partial charge is 0.396 e. The molecule has 1 saturated heterocycles. The van der Waals surface area contributed by atoms with E-state index in [-0.39, 0.29) is 24.2 Å². The maximum atomic E-state index is 11.7. The lowest BCUT2D eigenvalue weighted by Crippen LogP contribution is -2.60. The Morgan fingerprint density at radius 3 is 2.76 bits per heavy atom. The summed E-state index contributed by atoms with van der Waals surface area (Å²) in [5.41, 5.74) is 5.29. The Morgan fingerprint density at radius 2 is 2.24 bits per heavy atom. The molecule has 2 atom stereocenters. The summed E-state index contributed by atoms with van der Waals surface area (Å²) in [5, 5.41) is 12.1. The Labute approximate surface area is 104 Å². The van der Waals surface area contributed by atoms with Crippen LogP contribution in [0.1, 0.15) is 32.6 Å². The van der Waals surface area contributed by atoms with Crippen LogP contribution in [0, 0.1) is 0 Å². The molecule has 0 bridgehead atoms. The van der Waals surface area contributed by atoms with Crippen LogP contribution in [0.5, 0.6) is 0 Å². The lowest BCUT2D eigenvalue weighted by atomic mass is 9.94. The van der Waals surface area contributed by atoms with Crippen molar-refractivity contribution in [3.8, 4) is 0 Å². The van der Waals surface area contributed by atoms with Crippen molar-refractivity contribution < 1.29 is 13.5 Å². The number of aliphatic hydroxyl groups excluding tert-OH is 1. The molecule has 1 rings (SSSR count). The van der Waals surface area contributed by atoms with E-state index in [9.17, 15) is 8.42 Å². The summed E-state index contributed by atoms with van der Waals surface area (Å²) in [7, 11) is -2.96.